The zero-order valence-electron chi connectivity index (χ0n) is 16.3. The number of rotatable bonds is 3. The molecule has 1 aromatic heterocycles. The second-order valence-corrected chi connectivity index (χ2v) is 6.93. The van der Waals surface area contributed by atoms with Crippen molar-refractivity contribution in [1.82, 2.24) is 24.7 Å². The number of anilines is 1. The number of hydrogen-bond acceptors (Lipinski definition) is 7. The molecule has 0 bridgehead atoms. The summed E-state index contributed by atoms with van der Waals surface area (Å²) >= 11 is 0. The average molecular weight is 376 g/mol. The highest BCUT2D eigenvalue weighted by Gasteiger charge is 2.26. The molecule has 0 unspecified atom stereocenters. The lowest BCUT2D eigenvalue weighted by molar-refractivity contribution is 0.0657. The molecule has 2 aliphatic rings. The van der Waals surface area contributed by atoms with Crippen molar-refractivity contribution in [3.63, 3.8) is 0 Å². The van der Waals surface area contributed by atoms with E-state index in [0.717, 1.165) is 18.9 Å². The number of ether oxygens (including phenoxy) is 1. The molecular weight excluding hydrogens is 348 g/mol. The first-order chi connectivity index (χ1) is 13.0. The van der Waals surface area contributed by atoms with Crippen molar-refractivity contribution in [1.29, 1.82) is 0 Å². The normalized spacial score (nSPS) is 18.6. The molecule has 2 fully saturated rings. The Kier molecular flexibility index (Phi) is 6.10. The van der Waals surface area contributed by atoms with Crippen LogP contribution in [0.2, 0.25) is 0 Å². The monoisotopic (exact) mass is 376 g/mol. The van der Waals surface area contributed by atoms with Gasteiger partial charge in [0.25, 0.3) is 5.91 Å². The Bertz CT molecular complexity index is 682. The van der Waals surface area contributed by atoms with Crippen LogP contribution in [-0.2, 0) is 4.74 Å². The van der Waals surface area contributed by atoms with Gasteiger partial charge in [-0.05, 0) is 20.9 Å². The minimum Gasteiger partial charge on any atom is -0.450 e. The third-order valence-electron chi connectivity index (χ3n) is 4.96. The van der Waals surface area contributed by atoms with Gasteiger partial charge in [-0.3, -0.25) is 4.79 Å². The summed E-state index contributed by atoms with van der Waals surface area (Å²) in [6, 6.07) is 1.77. The molecule has 0 N–H and O–H groups in total. The molecule has 9 nitrogen and oxygen atoms in total. The molecule has 27 heavy (non-hydrogen) atoms. The molecule has 0 atom stereocenters. The number of amides is 2. The van der Waals surface area contributed by atoms with Gasteiger partial charge in [0, 0.05) is 58.4 Å². The second kappa shape index (κ2) is 8.51. The molecule has 2 amide bonds. The minimum absolute atomic E-state index is 0.0417. The zero-order chi connectivity index (χ0) is 19.4. The topological polar surface area (TPSA) is 82.1 Å². The fourth-order valence-electron chi connectivity index (χ4n) is 3.33. The number of hydrogen-bond donors (Lipinski definition) is 0. The van der Waals surface area contributed by atoms with Gasteiger partial charge in [-0.1, -0.05) is 0 Å². The van der Waals surface area contributed by atoms with Crippen LogP contribution in [0.5, 0.6) is 0 Å². The maximum atomic E-state index is 12.8. The Morgan fingerprint density at radius 1 is 1.00 bits per heavy atom. The van der Waals surface area contributed by atoms with Crippen LogP contribution in [0.1, 0.15) is 23.2 Å². The van der Waals surface area contributed by atoms with Crippen molar-refractivity contribution >= 4 is 17.8 Å². The summed E-state index contributed by atoms with van der Waals surface area (Å²) in [6.07, 6.45) is -0.276. The quantitative estimate of drug-likeness (QED) is 0.757. The van der Waals surface area contributed by atoms with Gasteiger partial charge in [0.05, 0.1) is 6.61 Å². The fourth-order valence-corrected chi connectivity index (χ4v) is 3.33. The van der Waals surface area contributed by atoms with Crippen LogP contribution in [0.3, 0.4) is 0 Å². The maximum Gasteiger partial charge on any atom is 0.409 e. The highest BCUT2D eigenvalue weighted by Crippen LogP contribution is 2.17. The van der Waals surface area contributed by atoms with Crippen LogP contribution in [-0.4, -0.2) is 103 Å². The van der Waals surface area contributed by atoms with Crippen molar-refractivity contribution in [2.45, 2.75) is 13.8 Å². The van der Waals surface area contributed by atoms with Crippen LogP contribution in [0.25, 0.3) is 0 Å². The smallest absolute Gasteiger partial charge is 0.409 e. The van der Waals surface area contributed by atoms with Crippen LogP contribution in [0.4, 0.5) is 10.6 Å². The molecule has 2 aliphatic heterocycles. The zero-order valence-corrected chi connectivity index (χ0v) is 16.3. The number of carbonyl (C=O) groups is 2. The van der Waals surface area contributed by atoms with E-state index in [1.807, 2.05) is 4.90 Å². The average Bonchev–Trinajstić information content (AvgIpc) is 2.68. The Morgan fingerprint density at radius 3 is 2.26 bits per heavy atom. The molecule has 9 heteroatoms. The van der Waals surface area contributed by atoms with Crippen molar-refractivity contribution in [2.75, 3.05) is 70.9 Å². The number of nitrogens with zero attached hydrogens (tertiary/aromatic N) is 6. The standard InChI is InChI=1S/C18H28N6O3/c1-4-27-18(26)24-11-9-22(10-12-24)16-13-15(19-14(2)20-16)17(25)23-7-5-21(3)6-8-23/h13H,4-12H2,1-3H3. The summed E-state index contributed by atoms with van der Waals surface area (Å²) in [5.74, 6) is 1.28. The van der Waals surface area contributed by atoms with Gasteiger partial charge in [0.1, 0.15) is 17.3 Å². The van der Waals surface area contributed by atoms with Crippen LogP contribution < -0.4 is 4.90 Å². The van der Waals surface area contributed by atoms with Crippen molar-refractivity contribution in [3.8, 4) is 0 Å². The van der Waals surface area contributed by atoms with E-state index in [1.165, 1.54) is 0 Å². The van der Waals surface area contributed by atoms with E-state index in [-0.39, 0.29) is 12.0 Å². The lowest BCUT2D eigenvalue weighted by atomic mass is 10.2. The molecule has 0 aromatic carbocycles. The van der Waals surface area contributed by atoms with Gasteiger partial charge in [-0.2, -0.15) is 0 Å². The second-order valence-electron chi connectivity index (χ2n) is 6.93. The summed E-state index contributed by atoms with van der Waals surface area (Å²) in [6.45, 7) is 9.61. The largest absolute Gasteiger partial charge is 0.450 e. The Morgan fingerprint density at radius 2 is 1.63 bits per heavy atom. The molecule has 3 rings (SSSR count). The first-order valence-electron chi connectivity index (χ1n) is 9.48. The molecule has 0 radical (unpaired) electrons. The number of piperazine rings is 2. The number of carbonyl (C=O) groups excluding carboxylic acids is 2. The summed E-state index contributed by atoms with van der Waals surface area (Å²) in [5, 5.41) is 0. The van der Waals surface area contributed by atoms with E-state index >= 15 is 0 Å². The minimum atomic E-state index is -0.276. The van der Waals surface area contributed by atoms with E-state index in [4.69, 9.17) is 4.74 Å². The van der Waals surface area contributed by atoms with Gasteiger partial charge in [-0.25, -0.2) is 14.8 Å². The van der Waals surface area contributed by atoms with Crippen molar-refractivity contribution in [2.24, 2.45) is 0 Å². The number of likely N-dealkylation sites (N-methyl/N-ethyl adjacent to an activating group) is 1. The van der Waals surface area contributed by atoms with Gasteiger partial charge < -0.3 is 24.3 Å². The summed E-state index contributed by atoms with van der Waals surface area (Å²) < 4.78 is 5.06. The van der Waals surface area contributed by atoms with E-state index in [2.05, 4.69) is 26.8 Å². The van der Waals surface area contributed by atoms with Gasteiger partial charge in [-0.15, -0.1) is 0 Å². The predicted molar refractivity (Wildman–Crippen MR) is 101 cm³/mol. The maximum absolute atomic E-state index is 12.8. The molecule has 2 saturated heterocycles. The van der Waals surface area contributed by atoms with Crippen molar-refractivity contribution in [3.05, 3.63) is 17.6 Å². The van der Waals surface area contributed by atoms with Crippen LogP contribution in [0.15, 0.2) is 6.07 Å². The van der Waals surface area contributed by atoms with E-state index < -0.39 is 0 Å². The number of aryl methyl sites for hydroxylation is 1. The van der Waals surface area contributed by atoms with Gasteiger partial charge in [0.15, 0.2) is 0 Å². The Labute approximate surface area is 159 Å². The predicted octanol–water partition coefficient (Wildman–Crippen LogP) is 0.451. The van der Waals surface area contributed by atoms with E-state index in [0.29, 0.717) is 57.4 Å². The Hall–Kier alpha value is -2.42. The van der Waals surface area contributed by atoms with Crippen LogP contribution in [0, 0.1) is 6.92 Å². The summed E-state index contributed by atoms with van der Waals surface area (Å²) in [5.41, 5.74) is 0.440. The van der Waals surface area contributed by atoms with E-state index in [9.17, 15) is 9.59 Å². The molecule has 1 aromatic rings. The molecule has 0 spiro atoms. The molecule has 148 valence electrons. The molecule has 3 heterocycles. The molecule has 0 aliphatic carbocycles. The third kappa shape index (κ3) is 4.65. The number of aromatic nitrogens is 2. The third-order valence-corrected chi connectivity index (χ3v) is 4.96. The summed E-state index contributed by atoms with van der Waals surface area (Å²) in [4.78, 5) is 41.4. The lowest BCUT2D eigenvalue weighted by Crippen LogP contribution is -2.49. The first-order valence-corrected chi connectivity index (χ1v) is 9.48. The first kappa shape index (κ1) is 19.3. The van der Waals surface area contributed by atoms with Crippen LogP contribution >= 0.6 is 0 Å². The van der Waals surface area contributed by atoms with Gasteiger partial charge >= 0.3 is 6.09 Å². The highest BCUT2D eigenvalue weighted by molar-refractivity contribution is 5.93. The summed E-state index contributed by atoms with van der Waals surface area (Å²) in [7, 11) is 2.06. The van der Waals surface area contributed by atoms with Gasteiger partial charge in [0.2, 0.25) is 0 Å². The highest BCUT2D eigenvalue weighted by atomic mass is 16.6. The SMILES string of the molecule is CCOC(=O)N1CCN(c2cc(C(=O)N3CCN(C)CC3)nc(C)n2)CC1. The van der Waals surface area contributed by atoms with Crippen molar-refractivity contribution < 1.29 is 14.3 Å². The Balaban J connectivity index is 1.67. The molecular formula is C18H28N6O3. The molecule has 0 saturated carbocycles. The lowest BCUT2D eigenvalue weighted by Gasteiger charge is -2.35. The fraction of sp³-hybridized carbons (Fsp3) is 0.667. The van der Waals surface area contributed by atoms with E-state index in [1.54, 1.807) is 24.8 Å².